The van der Waals surface area contributed by atoms with Gasteiger partial charge in [0.1, 0.15) is 11.5 Å². The average Bonchev–Trinajstić information content (AvgIpc) is 2.98. The molecule has 0 aliphatic carbocycles. The Morgan fingerprint density at radius 2 is 1.95 bits per heavy atom. The van der Waals surface area contributed by atoms with Gasteiger partial charge in [-0.05, 0) is 36.8 Å². The second-order valence-corrected chi connectivity index (χ2v) is 4.80. The van der Waals surface area contributed by atoms with Crippen LogP contribution in [-0.2, 0) is 6.54 Å². The lowest BCUT2D eigenvalue weighted by Crippen LogP contribution is -2.04. The Morgan fingerprint density at radius 1 is 1.14 bits per heavy atom. The van der Waals surface area contributed by atoms with Crippen molar-refractivity contribution in [1.29, 1.82) is 0 Å². The van der Waals surface area contributed by atoms with Crippen LogP contribution < -0.4 is 5.32 Å². The summed E-state index contributed by atoms with van der Waals surface area (Å²) >= 11 is 0. The van der Waals surface area contributed by atoms with Gasteiger partial charge in [-0.1, -0.05) is 24.3 Å². The number of nitrogens with zero attached hydrogens (tertiary/aromatic N) is 3. The Kier molecular flexibility index (Phi) is 3.64. The van der Waals surface area contributed by atoms with Crippen molar-refractivity contribution >= 4 is 5.69 Å². The van der Waals surface area contributed by atoms with E-state index in [9.17, 15) is 4.39 Å². The van der Waals surface area contributed by atoms with Gasteiger partial charge < -0.3 is 5.32 Å². The first-order valence-electron chi connectivity index (χ1n) is 6.69. The number of halogens is 1. The first-order valence-corrected chi connectivity index (χ1v) is 6.69. The van der Waals surface area contributed by atoms with Crippen LogP contribution in [0, 0.1) is 12.7 Å². The minimum absolute atomic E-state index is 0.268. The van der Waals surface area contributed by atoms with Crippen molar-refractivity contribution < 1.29 is 4.39 Å². The summed E-state index contributed by atoms with van der Waals surface area (Å²) in [5, 5.41) is 11.6. The van der Waals surface area contributed by atoms with Crippen LogP contribution >= 0.6 is 0 Å². The first kappa shape index (κ1) is 13.3. The van der Waals surface area contributed by atoms with E-state index in [0.717, 1.165) is 16.9 Å². The smallest absolute Gasteiger partial charge is 0.146 e. The predicted molar refractivity (Wildman–Crippen MR) is 79.8 cm³/mol. The lowest BCUT2D eigenvalue weighted by atomic mass is 10.2. The van der Waals surface area contributed by atoms with E-state index in [4.69, 9.17) is 0 Å². The maximum atomic E-state index is 13.6. The van der Waals surface area contributed by atoms with E-state index in [0.29, 0.717) is 12.2 Å². The van der Waals surface area contributed by atoms with Crippen LogP contribution in [0.3, 0.4) is 0 Å². The largest absolute Gasteiger partial charge is 0.377 e. The molecular weight excluding hydrogens is 267 g/mol. The SMILES string of the molecule is Cc1ccc(F)c(NCc2cnn(-c3ccccc3)n2)c1. The van der Waals surface area contributed by atoms with E-state index in [1.54, 1.807) is 23.1 Å². The van der Waals surface area contributed by atoms with Gasteiger partial charge in [0.15, 0.2) is 0 Å². The van der Waals surface area contributed by atoms with E-state index in [-0.39, 0.29) is 5.82 Å². The van der Waals surface area contributed by atoms with Gasteiger partial charge in [-0.3, -0.25) is 0 Å². The third kappa shape index (κ3) is 3.08. The maximum Gasteiger partial charge on any atom is 0.146 e. The molecule has 106 valence electrons. The highest BCUT2D eigenvalue weighted by Gasteiger charge is 2.05. The number of aryl methyl sites for hydroxylation is 1. The highest BCUT2D eigenvalue weighted by molar-refractivity contribution is 5.47. The molecule has 0 bridgehead atoms. The second-order valence-electron chi connectivity index (χ2n) is 4.80. The fraction of sp³-hybridized carbons (Fsp3) is 0.125. The topological polar surface area (TPSA) is 42.7 Å². The number of benzene rings is 2. The van der Waals surface area contributed by atoms with Gasteiger partial charge in [-0.25, -0.2) is 4.39 Å². The molecule has 0 amide bonds. The number of rotatable bonds is 4. The predicted octanol–water partition coefficient (Wildman–Crippen LogP) is 3.33. The minimum Gasteiger partial charge on any atom is -0.377 e. The molecule has 0 saturated heterocycles. The van der Waals surface area contributed by atoms with Crippen molar-refractivity contribution in [1.82, 2.24) is 15.0 Å². The van der Waals surface area contributed by atoms with Gasteiger partial charge in [-0.2, -0.15) is 15.0 Å². The third-order valence-corrected chi connectivity index (χ3v) is 3.11. The molecule has 3 rings (SSSR count). The molecule has 0 saturated carbocycles. The van der Waals surface area contributed by atoms with Crippen LogP contribution in [0.5, 0.6) is 0 Å². The van der Waals surface area contributed by atoms with E-state index < -0.39 is 0 Å². The van der Waals surface area contributed by atoms with Crippen LogP contribution in [-0.4, -0.2) is 15.0 Å². The highest BCUT2D eigenvalue weighted by atomic mass is 19.1. The molecule has 0 unspecified atom stereocenters. The van der Waals surface area contributed by atoms with Crippen molar-refractivity contribution in [2.24, 2.45) is 0 Å². The van der Waals surface area contributed by atoms with Crippen LogP contribution in [0.4, 0.5) is 10.1 Å². The van der Waals surface area contributed by atoms with Crippen molar-refractivity contribution in [2.75, 3.05) is 5.32 Å². The monoisotopic (exact) mass is 282 g/mol. The summed E-state index contributed by atoms with van der Waals surface area (Å²) in [6.07, 6.45) is 1.67. The van der Waals surface area contributed by atoms with Gasteiger partial charge in [-0.15, -0.1) is 0 Å². The molecule has 1 heterocycles. The average molecular weight is 282 g/mol. The quantitative estimate of drug-likeness (QED) is 0.798. The Balaban J connectivity index is 1.72. The Bertz CT molecular complexity index is 737. The number of hydrogen-bond acceptors (Lipinski definition) is 3. The molecule has 2 aromatic carbocycles. The fourth-order valence-corrected chi connectivity index (χ4v) is 2.02. The third-order valence-electron chi connectivity index (χ3n) is 3.11. The normalized spacial score (nSPS) is 10.6. The van der Waals surface area contributed by atoms with Crippen molar-refractivity contribution in [3.63, 3.8) is 0 Å². The zero-order chi connectivity index (χ0) is 14.7. The van der Waals surface area contributed by atoms with Gasteiger partial charge in [0.05, 0.1) is 24.1 Å². The zero-order valence-electron chi connectivity index (χ0n) is 11.6. The summed E-state index contributed by atoms with van der Waals surface area (Å²) in [5.41, 5.74) is 3.13. The van der Waals surface area contributed by atoms with E-state index in [2.05, 4.69) is 15.5 Å². The van der Waals surface area contributed by atoms with E-state index in [1.807, 2.05) is 37.3 Å². The summed E-state index contributed by atoms with van der Waals surface area (Å²) in [6.45, 7) is 2.35. The Hall–Kier alpha value is -2.69. The molecule has 5 heteroatoms. The number of para-hydroxylation sites is 1. The lowest BCUT2D eigenvalue weighted by Gasteiger charge is -2.06. The van der Waals surface area contributed by atoms with Crippen molar-refractivity contribution in [2.45, 2.75) is 13.5 Å². The summed E-state index contributed by atoms with van der Waals surface area (Å²) in [4.78, 5) is 1.56. The van der Waals surface area contributed by atoms with Crippen LogP contribution in [0.25, 0.3) is 5.69 Å². The van der Waals surface area contributed by atoms with E-state index >= 15 is 0 Å². The zero-order valence-corrected chi connectivity index (χ0v) is 11.6. The molecule has 1 aromatic heterocycles. The summed E-state index contributed by atoms with van der Waals surface area (Å²) in [5.74, 6) is -0.268. The van der Waals surface area contributed by atoms with Crippen LogP contribution in [0.2, 0.25) is 0 Å². The Labute approximate surface area is 122 Å². The first-order chi connectivity index (χ1) is 10.2. The van der Waals surface area contributed by atoms with Gasteiger partial charge in [0, 0.05) is 0 Å². The van der Waals surface area contributed by atoms with Gasteiger partial charge in [0.25, 0.3) is 0 Å². The molecule has 0 aliphatic heterocycles. The number of nitrogens with one attached hydrogen (secondary N) is 1. The molecule has 3 aromatic rings. The molecule has 21 heavy (non-hydrogen) atoms. The molecule has 0 aliphatic rings. The number of anilines is 1. The molecular formula is C16H15FN4. The molecule has 0 spiro atoms. The summed E-state index contributed by atoms with van der Waals surface area (Å²) in [7, 11) is 0. The number of aromatic nitrogens is 3. The fourth-order valence-electron chi connectivity index (χ4n) is 2.02. The minimum atomic E-state index is -0.268. The van der Waals surface area contributed by atoms with Gasteiger partial charge >= 0.3 is 0 Å². The molecule has 0 radical (unpaired) electrons. The van der Waals surface area contributed by atoms with Crippen molar-refractivity contribution in [3.05, 3.63) is 71.8 Å². The van der Waals surface area contributed by atoms with Crippen molar-refractivity contribution in [3.8, 4) is 5.69 Å². The van der Waals surface area contributed by atoms with E-state index in [1.165, 1.54) is 6.07 Å². The molecule has 0 atom stereocenters. The standard InChI is InChI=1S/C16H15FN4/c1-12-7-8-15(17)16(9-12)18-10-13-11-19-21(20-13)14-5-3-2-4-6-14/h2-9,11,18H,10H2,1H3. The number of hydrogen-bond donors (Lipinski definition) is 1. The van der Waals surface area contributed by atoms with Gasteiger partial charge in [0.2, 0.25) is 0 Å². The maximum absolute atomic E-state index is 13.6. The summed E-state index contributed by atoms with van der Waals surface area (Å²) in [6, 6.07) is 14.6. The van der Waals surface area contributed by atoms with Crippen LogP contribution in [0.15, 0.2) is 54.7 Å². The summed E-state index contributed by atoms with van der Waals surface area (Å²) < 4.78 is 13.6. The molecule has 4 nitrogen and oxygen atoms in total. The van der Waals surface area contributed by atoms with Crippen LogP contribution in [0.1, 0.15) is 11.3 Å². The molecule has 0 fully saturated rings. The lowest BCUT2D eigenvalue weighted by molar-refractivity contribution is 0.629. The Morgan fingerprint density at radius 3 is 2.76 bits per heavy atom. The highest BCUT2D eigenvalue weighted by Crippen LogP contribution is 2.16. The second kappa shape index (κ2) is 5.75. The molecule has 1 N–H and O–H groups in total.